The standard InChI is InChI=1S/C8H10F3N3O/c1-5(8(9,10)11)7(15)13-3-6-2-12-4-14-6/h2,4-5H,3H2,1H3,(H,12,14)(H,13,15). The van der Waals surface area contributed by atoms with Crippen LogP contribution >= 0.6 is 0 Å². The normalized spacial score (nSPS) is 13.6. The lowest BCUT2D eigenvalue weighted by atomic mass is 10.1. The molecule has 0 aliphatic rings. The lowest BCUT2D eigenvalue weighted by molar-refractivity contribution is -0.178. The van der Waals surface area contributed by atoms with Gasteiger partial charge in [-0.05, 0) is 6.92 Å². The highest BCUT2D eigenvalue weighted by atomic mass is 19.4. The molecular weight excluding hydrogens is 211 g/mol. The lowest BCUT2D eigenvalue weighted by Crippen LogP contribution is -2.37. The second-order valence-electron chi connectivity index (χ2n) is 3.06. The molecule has 7 heteroatoms. The van der Waals surface area contributed by atoms with E-state index in [0.29, 0.717) is 5.69 Å². The summed E-state index contributed by atoms with van der Waals surface area (Å²) >= 11 is 0. The smallest absolute Gasteiger partial charge is 0.350 e. The molecule has 0 radical (unpaired) electrons. The monoisotopic (exact) mass is 221 g/mol. The average Bonchev–Trinajstić information content (AvgIpc) is 2.63. The van der Waals surface area contributed by atoms with Crippen LogP contribution in [0.3, 0.4) is 0 Å². The van der Waals surface area contributed by atoms with Crippen LogP contribution in [-0.2, 0) is 11.3 Å². The van der Waals surface area contributed by atoms with Gasteiger partial charge in [-0.1, -0.05) is 0 Å². The first-order valence-electron chi connectivity index (χ1n) is 4.23. The number of hydrogen-bond acceptors (Lipinski definition) is 2. The molecule has 1 unspecified atom stereocenters. The van der Waals surface area contributed by atoms with E-state index in [0.717, 1.165) is 6.92 Å². The lowest BCUT2D eigenvalue weighted by Gasteiger charge is -2.14. The third-order valence-electron chi connectivity index (χ3n) is 1.89. The van der Waals surface area contributed by atoms with Gasteiger partial charge in [-0.2, -0.15) is 13.2 Å². The maximum Gasteiger partial charge on any atom is 0.400 e. The van der Waals surface area contributed by atoms with Gasteiger partial charge >= 0.3 is 6.18 Å². The van der Waals surface area contributed by atoms with Gasteiger partial charge in [-0.15, -0.1) is 0 Å². The first kappa shape index (κ1) is 11.5. The van der Waals surface area contributed by atoms with Crippen molar-refractivity contribution in [3.8, 4) is 0 Å². The van der Waals surface area contributed by atoms with Crippen LogP contribution < -0.4 is 5.32 Å². The van der Waals surface area contributed by atoms with E-state index < -0.39 is 18.0 Å². The summed E-state index contributed by atoms with van der Waals surface area (Å²) in [5.41, 5.74) is 0.553. The van der Waals surface area contributed by atoms with Crippen molar-refractivity contribution in [1.29, 1.82) is 0 Å². The van der Waals surface area contributed by atoms with Crippen LogP contribution in [0.4, 0.5) is 13.2 Å². The number of nitrogens with zero attached hydrogens (tertiary/aromatic N) is 1. The number of aromatic amines is 1. The van der Waals surface area contributed by atoms with E-state index in [2.05, 4.69) is 15.3 Å². The van der Waals surface area contributed by atoms with Crippen molar-refractivity contribution in [1.82, 2.24) is 15.3 Å². The Morgan fingerprint density at radius 2 is 2.33 bits per heavy atom. The van der Waals surface area contributed by atoms with Crippen LogP contribution in [-0.4, -0.2) is 22.1 Å². The minimum absolute atomic E-state index is 0.0131. The molecule has 4 nitrogen and oxygen atoms in total. The summed E-state index contributed by atoms with van der Waals surface area (Å²) < 4.78 is 36.3. The largest absolute Gasteiger partial charge is 0.400 e. The Hall–Kier alpha value is -1.53. The number of carbonyl (C=O) groups is 1. The van der Waals surface area contributed by atoms with Crippen molar-refractivity contribution in [2.45, 2.75) is 19.6 Å². The van der Waals surface area contributed by atoms with Gasteiger partial charge < -0.3 is 10.3 Å². The Kier molecular flexibility index (Phi) is 3.33. The van der Waals surface area contributed by atoms with Crippen LogP contribution in [0.25, 0.3) is 0 Å². The van der Waals surface area contributed by atoms with E-state index in [1.165, 1.54) is 12.5 Å². The van der Waals surface area contributed by atoms with Crippen molar-refractivity contribution in [2.75, 3.05) is 0 Å². The molecule has 0 spiro atoms. The molecule has 0 fully saturated rings. The predicted molar refractivity (Wildman–Crippen MR) is 45.7 cm³/mol. The minimum atomic E-state index is -4.50. The van der Waals surface area contributed by atoms with E-state index in [9.17, 15) is 18.0 Å². The summed E-state index contributed by atoms with van der Waals surface area (Å²) in [6.07, 6.45) is -1.69. The number of amides is 1. The van der Waals surface area contributed by atoms with Gasteiger partial charge in [0.25, 0.3) is 0 Å². The number of rotatable bonds is 3. The summed E-state index contributed by atoms with van der Waals surface area (Å²) in [4.78, 5) is 17.3. The quantitative estimate of drug-likeness (QED) is 0.806. The van der Waals surface area contributed by atoms with Crippen LogP contribution in [0.5, 0.6) is 0 Å². The van der Waals surface area contributed by atoms with Gasteiger partial charge in [-0.25, -0.2) is 4.98 Å². The van der Waals surface area contributed by atoms with E-state index in [-0.39, 0.29) is 6.54 Å². The van der Waals surface area contributed by atoms with Crippen molar-refractivity contribution in [3.05, 3.63) is 18.2 Å². The zero-order chi connectivity index (χ0) is 11.5. The highest BCUT2D eigenvalue weighted by Gasteiger charge is 2.40. The topological polar surface area (TPSA) is 57.8 Å². The number of nitrogens with one attached hydrogen (secondary N) is 2. The Morgan fingerprint density at radius 1 is 1.67 bits per heavy atom. The Labute approximate surface area is 83.9 Å². The van der Waals surface area contributed by atoms with Gasteiger partial charge in [0, 0.05) is 6.20 Å². The molecule has 84 valence electrons. The third kappa shape index (κ3) is 3.26. The van der Waals surface area contributed by atoms with E-state index in [4.69, 9.17) is 0 Å². The van der Waals surface area contributed by atoms with Crippen LogP contribution in [0.2, 0.25) is 0 Å². The Bertz CT molecular complexity index is 320. The highest BCUT2D eigenvalue weighted by Crippen LogP contribution is 2.25. The van der Waals surface area contributed by atoms with Gasteiger partial charge in [0.05, 0.1) is 18.6 Å². The maximum atomic E-state index is 12.1. The molecule has 0 aliphatic heterocycles. The molecule has 1 aromatic heterocycles. The number of halogens is 3. The second-order valence-corrected chi connectivity index (χ2v) is 3.06. The molecule has 1 amide bonds. The molecule has 0 aliphatic carbocycles. The fourth-order valence-electron chi connectivity index (χ4n) is 0.865. The summed E-state index contributed by atoms with van der Waals surface area (Å²) in [6.45, 7) is 0.835. The number of H-pyrrole nitrogens is 1. The highest BCUT2D eigenvalue weighted by molar-refractivity contribution is 5.78. The Balaban J connectivity index is 2.43. The molecule has 0 bridgehead atoms. The molecule has 0 saturated heterocycles. The van der Waals surface area contributed by atoms with Crippen molar-refractivity contribution in [3.63, 3.8) is 0 Å². The molecule has 1 aromatic rings. The molecule has 1 rings (SSSR count). The van der Waals surface area contributed by atoms with Gasteiger partial charge in [0.2, 0.25) is 5.91 Å². The second kappa shape index (κ2) is 4.33. The average molecular weight is 221 g/mol. The van der Waals surface area contributed by atoms with Crippen molar-refractivity contribution >= 4 is 5.91 Å². The van der Waals surface area contributed by atoms with Crippen LogP contribution in [0.15, 0.2) is 12.5 Å². The fourth-order valence-corrected chi connectivity index (χ4v) is 0.865. The molecule has 2 N–H and O–H groups in total. The summed E-state index contributed by atoms with van der Waals surface area (Å²) in [6, 6.07) is 0. The number of imidazole rings is 1. The number of alkyl halides is 3. The van der Waals surface area contributed by atoms with Crippen LogP contribution in [0, 0.1) is 5.92 Å². The summed E-state index contributed by atoms with van der Waals surface area (Å²) in [5.74, 6) is -3.04. The minimum Gasteiger partial charge on any atom is -0.350 e. The predicted octanol–water partition coefficient (Wildman–Crippen LogP) is 1.22. The zero-order valence-electron chi connectivity index (χ0n) is 7.93. The summed E-state index contributed by atoms with van der Waals surface area (Å²) in [7, 11) is 0. The van der Waals surface area contributed by atoms with Gasteiger partial charge in [-0.3, -0.25) is 4.79 Å². The van der Waals surface area contributed by atoms with Crippen molar-refractivity contribution < 1.29 is 18.0 Å². The third-order valence-corrected chi connectivity index (χ3v) is 1.89. The van der Waals surface area contributed by atoms with Gasteiger partial charge in [0.15, 0.2) is 0 Å². The van der Waals surface area contributed by atoms with E-state index in [1.54, 1.807) is 0 Å². The van der Waals surface area contributed by atoms with Crippen LogP contribution in [0.1, 0.15) is 12.6 Å². The number of carbonyl (C=O) groups excluding carboxylic acids is 1. The number of aromatic nitrogens is 2. The molecule has 1 atom stereocenters. The molecule has 15 heavy (non-hydrogen) atoms. The van der Waals surface area contributed by atoms with E-state index in [1.807, 2.05) is 0 Å². The molecule has 1 heterocycles. The molecule has 0 saturated carbocycles. The SMILES string of the molecule is CC(C(=O)NCc1cnc[nH]1)C(F)(F)F. The van der Waals surface area contributed by atoms with E-state index >= 15 is 0 Å². The number of hydrogen-bond donors (Lipinski definition) is 2. The Morgan fingerprint density at radius 3 is 2.80 bits per heavy atom. The zero-order valence-corrected chi connectivity index (χ0v) is 7.93. The maximum absolute atomic E-state index is 12.1. The fraction of sp³-hybridized carbons (Fsp3) is 0.500. The first-order chi connectivity index (χ1) is 6.91. The molecular formula is C8H10F3N3O. The van der Waals surface area contributed by atoms with Crippen molar-refractivity contribution in [2.24, 2.45) is 5.92 Å². The molecule has 0 aromatic carbocycles. The first-order valence-corrected chi connectivity index (χ1v) is 4.23. The summed E-state index contributed by atoms with van der Waals surface area (Å²) in [5, 5.41) is 2.16. The van der Waals surface area contributed by atoms with Gasteiger partial charge in [0.1, 0.15) is 5.92 Å².